The maximum atomic E-state index is 12.7. The molecule has 144 valence electrons. The smallest absolute Gasteiger partial charge is 0.293 e. The van der Waals surface area contributed by atoms with E-state index in [1.165, 1.54) is 11.0 Å². The molecule has 28 heavy (non-hydrogen) atoms. The highest BCUT2D eigenvalue weighted by atomic mass is 79.9. The Hall–Kier alpha value is -2.29. The fourth-order valence-corrected chi connectivity index (χ4v) is 3.74. The summed E-state index contributed by atoms with van der Waals surface area (Å²) >= 11 is 10.2. The quantitative estimate of drug-likeness (QED) is 0.625. The van der Waals surface area contributed by atoms with Gasteiger partial charge in [0, 0.05) is 15.1 Å². The summed E-state index contributed by atoms with van der Waals surface area (Å²) in [5.74, 6) is -0.697. The minimum atomic E-state index is -0.629. The van der Waals surface area contributed by atoms with Crippen LogP contribution in [0, 0.1) is 0 Å². The molecule has 0 bridgehead atoms. The van der Waals surface area contributed by atoms with Crippen molar-refractivity contribution < 1.29 is 19.1 Å². The molecule has 9 heteroatoms. The van der Waals surface area contributed by atoms with Crippen molar-refractivity contribution in [3.63, 3.8) is 0 Å². The van der Waals surface area contributed by atoms with Gasteiger partial charge < -0.3 is 10.5 Å². The summed E-state index contributed by atoms with van der Waals surface area (Å²) in [6, 6.07) is 12.1. The Balaban J connectivity index is 1.84. The molecule has 0 radical (unpaired) electrons. The van der Waals surface area contributed by atoms with E-state index in [2.05, 4.69) is 15.9 Å². The van der Waals surface area contributed by atoms with Crippen LogP contribution in [0.15, 0.2) is 51.8 Å². The Kier molecular flexibility index (Phi) is 6.43. The van der Waals surface area contributed by atoms with Gasteiger partial charge in [0.05, 0.1) is 11.4 Å². The largest absolute Gasteiger partial charge is 0.483 e. The van der Waals surface area contributed by atoms with Gasteiger partial charge in [0.2, 0.25) is 0 Å². The number of benzene rings is 2. The highest BCUT2D eigenvalue weighted by molar-refractivity contribution is 9.10. The van der Waals surface area contributed by atoms with Crippen LogP contribution >= 0.6 is 39.3 Å². The Bertz CT molecular complexity index is 978. The van der Waals surface area contributed by atoms with E-state index >= 15 is 0 Å². The number of carbonyl (C=O) groups is 3. The molecule has 0 aromatic heterocycles. The highest BCUT2D eigenvalue weighted by Gasteiger charge is 2.35. The van der Waals surface area contributed by atoms with Crippen molar-refractivity contribution >= 4 is 62.4 Å². The van der Waals surface area contributed by atoms with Crippen LogP contribution in [0.25, 0.3) is 6.08 Å². The normalized spacial score (nSPS) is 15.4. The first-order chi connectivity index (χ1) is 13.3. The number of carbonyl (C=O) groups excluding carboxylic acids is 3. The molecule has 3 amide bonds. The van der Waals surface area contributed by atoms with Crippen molar-refractivity contribution in [2.24, 2.45) is 5.73 Å². The lowest BCUT2D eigenvalue weighted by Gasteiger charge is -2.12. The third kappa shape index (κ3) is 4.95. The highest BCUT2D eigenvalue weighted by Crippen LogP contribution is 2.35. The first kappa shape index (κ1) is 20.4. The summed E-state index contributed by atoms with van der Waals surface area (Å²) < 4.78 is 6.27. The van der Waals surface area contributed by atoms with Gasteiger partial charge in [-0.3, -0.25) is 19.3 Å². The number of nitrogens with zero attached hydrogens (tertiary/aromatic N) is 1. The summed E-state index contributed by atoms with van der Waals surface area (Å²) in [5.41, 5.74) is 6.42. The number of thioether (sulfide) groups is 1. The first-order valence-electron chi connectivity index (χ1n) is 8.04. The maximum Gasteiger partial charge on any atom is 0.293 e. The molecule has 2 aromatic rings. The second-order valence-corrected chi connectivity index (χ2v) is 8.18. The van der Waals surface area contributed by atoms with Gasteiger partial charge in [-0.25, -0.2) is 0 Å². The van der Waals surface area contributed by atoms with Gasteiger partial charge >= 0.3 is 0 Å². The number of nitrogens with two attached hydrogens (primary N) is 1. The first-order valence-corrected chi connectivity index (χ1v) is 10.0. The number of amides is 3. The monoisotopic (exact) mass is 480 g/mol. The van der Waals surface area contributed by atoms with Crippen molar-refractivity contribution in [1.29, 1.82) is 0 Å². The number of imide groups is 1. The lowest BCUT2D eigenvalue weighted by molar-refractivity contribution is -0.123. The lowest BCUT2D eigenvalue weighted by atomic mass is 10.1. The Morgan fingerprint density at radius 1 is 1.21 bits per heavy atom. The zero-order chi connectivity index (χ0) is 20.3. The van der Waals surface area contributed by atoms with Crippen LogP contribution in [-0.2, 0) is 16.1 Å². The molecule has 3 rings (SSSR count). The van der Waals surface area contributed by atoms with E-state index in [-0.39, 0.29) is 23.3 Å². The van der Waals surface area contributed by atoms with Crippen LogP contribution in [0.3, 0.4) is 0 Å². The summed E-state index contributed by atoms with van der Waals surface area (Å²) in [6.07, 6.45) is 1.52. The fraction of sp³-hybridized carbons (Fsp3) is 0.105. The standard InChI is InChI=1S/C19H14BrClN2O4S/c20-13-3-1-11(2-4-13)9-23-18(25)16(28-19(23)26)8-12-7-14(21)5-6-15(12)27-10-17(22)24/h1-8H,9-10H2,(H2,22,24)/b16-8-. The van der Waals surface area contributed by atoms with Crippen molar-refractivity contribution in [2.75, 3.05) is 6.61 Å². The zero-order valence-corrected chi connectivity index (χ0v) is 17.5. The predicted molar refractivity (Wildman–Crippen MR) is 112 cm³/mol. The number of ether oxygens (including phenoxy) is 1. The molecular formula is C19H14BrClN2O4S. The molecule has 0 unspecified atom stereocenters. The Morgan fingerprint density at radius 2 is 1.93 bits per heavy atom. The average molecular weight is 482 g/mol. The molecule has 0 aliphatic carbocycles. The van der Waals surface area contributed by atoms with Gasteiger partial charge in [-0.1, -0.05) is 39.7 Å². The average Bonchev–Trinajstić information content (AvgIpc) is 2.90. The zero-order valence-electron chi connectivity index (χ0n) is 14.4. The van der Waals surface area contributed by atoms with E-state index in [9.17, 15) is 14.4 Å². The Labute approximate surface area is 178 Å². The summed E-state index contributed by atoms with van der Waals surface area (Å²) in [5, 5.41) is 0.0626. The molecule has 0 atom stereocenters. The minimum Gasteiger partial charge on any atom is -0.483 e. The van der Waals surface area contributed by atoms with Crippen molar-refractivity contribution in [3.8, 4) is 5.75 Å². The lowest BCUT2D eigenvalue weighted by Crippen LogP contribution is -2.27. The number of rotatable bonds is 6. The van der Waals surface area contributed by atoms with E-state index in [0.717, 1.165) is 21.8 Å². The third-order valence-electron chi connectivity index (χ3n) is 3.76. The van der Waals surface area contributed by atoms with Gasteiger partial charge in [0.15, 0.2) is 6.61 Å². The maximum absolute atomic E-state index is 12.7. The second-order valence-electron chi connectivity index (χ2n) is 5.83. The van der Waals surface area contributed by atoms with Crippen LogP contribution in [0.4, 0.5) is 4.79 Å². The summed E-state index contributed by atoms with van der Waals surface area (Å²) in [4.78, 5) is 37.4. The number of primary amides is 1. The molecule has 1 aliphatic rings. The van der Waals surface area contributed by atoms with Crippen molar-refractivity contribution in [3.05, 3.63) is 68.0 Å². The summed E-state index contributed by atoms with van der Waals surface area (Å²) in [7, 11) is 0. The molecule has 6 nitrogen and oxygen atoms in total. The van der Waals surface area contributed by atoms with Crippen LogP contribution in [0.1, 0.15) is 11.1 Å². The van der Waals surface area contributed by atoms with Gasteiger partial charge in [-0.05, 0) is 53.7 Å². The van der Waals surface area contributed by atoms with Crippen LogP contribution < -0.4 is 10.5 Å². The van der Waals surface area contributed by atoms with Gasteiger partial charge in [0.1, 0.15) is 5.75 Å². The third-order valence-corrected chi connectivity index (χ3v) is 5.43. The van der Waals surface area contributed by atoms with E-state index in [1.54, 1.807) is 18.2 Å². The molecule has 0 spiro atoms. The van der Waals surface area contributed by atoms with Gasteiger partial charge in [-0.2, -0.15) is 0 Å². The number of hydrogen-bond acceptors (Lipinski definition) is 5. The molecule has 1 aliphatic heterocycles. The van der Waals surface area contributed by atoms with Crippen LogP contribution in [0.5, 0.6) is 5.75 Å². The van der Waals surface area contributed by atoms with Crippen molar-refractivity contribution in [2.45, 2.75) is 6.54 Å². The molecule has 1 saturated heterocycles. The second kappa shape index (κ2) is 8.81. The van der Waals surface area contributed by atoms with Crippen molar-refractivity contribution in [1.82, 2.24) is 4.90 Å². The number of halogens is 2. The molecule has 1 fully saturated rings. The fourth-order valence-electron chi connectivity index (χ4n) is 2.46. The molecule has 0 saturated carbocycles. The Morgan fingerprint density at radius 3 is 2.61 bits per heavy atom. The minimum absolute atomic E-state index is 0.176. The van der Waals surface area contributed by atoms with Gasteiger partial charge in [0.25, 0.3) is 17.1 Å². The van der Waals surface area contributed by atoms with Crippen LogP contribution in [0.2, 0.25) is 5.02 Å². The SMILES string of the molecule is NC(=O)COc1ccc(Cl)cc1/C=C1\SC(=O)N(Cc2ccc(Br)cc2)C1=O. The number of hydrogen-bond donors (Lipinski definition) is 1. The van der Waals surface area contributed by atoms with Gasteiger partial charge in [-0.15, -0.1) is 0 Å². The van der Waals surface area contributed by atoms with E-state index in [1.807, 2.05) is 24.3 Å². The van der Waals surface area contributed by atoms with Crippen LogP contribution in [-0.4, -0.2) is 28.6 Å². The predicted octanol–water partition coefficient (Wildman–Crippen LogP) is 4.20. The molecular weight excluding hydrogens is 468 g/mol. The molecule has 2 aromatic carbocycles. The topological polar surface area (TPSA) is 89.7 Å². The van der Waals surface area contributed by atoms with E-state index in [0.29, 0.717) is 16.3 Å². The van der Waals surface area contributed by atoms with E-state index < -0.39 is 11.8 Å². The molecule has 2 N–H and O–H groups in total. The summed E-state index contributed by atoms with van der Waals surface area (Å²) in [6.45, 7) is -0.136. The molecule has 1 heterocycles. The van der Waals surface area contributed by atoms with E-state index in [4.69, 9.17) is 22.1 Å².